The molecule has 0 heterocycles. The maximum absolute atomic E-state index is 2.42. The zero-order valence-electron chi connectivity index (χ0n) is 16.7. The van der Waals surface area contributed by atoms with Crippen LogP contribution in [0.4, 0.5) is 0 Å². The summed E-state index contributed by atoms with van der Waals surface area (Å²) in [7, 11) is 0. The summed E-state index contributed by atoms with van der Waals surface area (Å²) in [5, 5.41) is 0. The minimum atomic E-state index is -2.10. The van der Waals surface area contributed by atoms with Crippen molar-refractivity contribution in [1.82, 2.24) is 0 Å². The molecule has 0 N–H and O–H groups in total. The second kappa shape index (κ2) is 10.2. The predicted molar refractivity (Wildman–Crippen MR) is 111 cm³/mol. The fraction of sp³-hybridized carbons (Fsp3) is 1.00. The molecule has 0 nitrogen and oxygen atoms in total. The van der Waals surface area contributed by atoms with Crippen LogP contribution in [-0.4, -0.2) is 18.4 Å². The van der Waals surface area contributed by atoms with E-state index in [0.29, 0.717) is 0 Å². The third-order valence-corrected chi connectivity index (χ3v) is 29.7. The molecule has 3 rings (SSSR count). The first-order valence-electron chi connectivity index (χ1n) is 11.9. The van der Waals surface area contributed by atoms with Crippen molar-refractivity contribution in [3.63, 3.8) is 0 Å². The van der Waals surface area contributed by atoms with Gasteiger partial charge < -0.3 is 0 Å². The van der Waals surface area contributed by atoms with Crippen LogP contribution in [0.25, 0.3) is 0 Å². The summed E-state index contributed by atoms with van der Waals surface area (Å²) < 4.78 is 5.71. The zero-order chi connectivity index (χ0) is 16.7. The normalized spacial score (nSPS) is 25.9. The van der Waals surface area contributed by atoms with E-state index in [4.69, 9.17) is 0 Å². The van der Waals surface area contributed by atoms with Gasteiger partial charge in [0.2, 0.25) is 0 Å². The Labute approximate surface area is 156 Å². The standard InChI is InChI=1S/3C6H11.C5H11.Sn/c3*1-2-4-6-5-3-1;1-3-5-4-2;/h3*1H,2-6H2;1,3-5H2,2H3;. The number of hydrogen-bond acceptors (Lipinski definition) is 0. The summed E-state index contributed by atoms with van der Waals surface area (Å²) in [6.45, 7) is 2.42. The van der Waals surface area contributed by atoms with Gasteiger partial charge in [-0.3, -0.25) is 0 Å². The second-order valence-electron chi connectivity index (χ2n) is 9.57. The molecule has 0 unspecified atom stereocenters. The van der Waals surface area contributed by atoms with Gasteiger partial charge in [0.25, 0.3) is 0 Å². The molecule has 0 saturated heterocycles. The molecule has 0 amide bonds. The summed E-state index contributed by atoms with van der Waals surface area (Å²) in [4.78, 5) is 0. The van der Waals surface area contributed by atoms with Crippen molar-refractivity contribution in [3.8, 4) is 0 Å². The van der Waals surface area contributed by atoms with Crippen LogP contribution in [-0.2, 0) is 0 Å². The van der Waals surface area contributed by atoms with Crippen LogP contribution in [0, 0.1) is 0 Å². The molecule has 0 bridgehead atoms. The molecule has 0 aromatic rings. The van der Waals surface area contributed by atoms with Crippen LogP contribution < -0.4 is 0 Å². The Kier molecular flexibility index (Phi) is 8.32. The molecular weight excluding hydrogens is 395 g/mol. The first-order valence-corrected chi connectivity index (χ1v) is 18.8. The van der Waals surface area contributed by atoms with E-state index in [0.717, 1.165) is 0 Å². The Morgan fingerprint density at radius 1 is 0.542 bits per heavy atom. The van der Waals surface area contributed by atoms with Gasteiger partial charge in [0, 0.05) is 0 Å². The minimum absolute atomic E-state index is 1.30. The molecule has 3 aliphatic carbocycles. The van der Waals surface area contributed by atoms with Crippen molar-refractivity contribution < 1.29 is 0 Å². The van der Waals surface area contributed by atoms with Gasteiger partial charge in [-0.15, -0.1) is 0 Å². The number of hydrogen-bond donors (Lipinski definition) is 0. The van der Waals surface area contributed by atoms with Crippen molar-refractivity contribution in [2.24, 2.45) is 0 Å². The van der Waals surface area contributed by atoms with Gasteiger partial charge in [-0.25, -0.2) is 0 Å². The maximum atomic E-state index is 2.42. The molecule has 0 atom stereocenters. The summed E-state index contributed by atoms with van der Waals surface area (Å²) >= 11 is -2.10. The van der Waals surface area contributed by atoms with E-state index in [1.165, 1.54) is 24.6 Å². The van der Waals surface area contributed by atoms with E-state index in [-0.39, 0.29) is 0 Å². The van der Waals surface area contributed by atoms with Crippen molar-refractivity contribution in [2.45, 2.75) is 139 Å². The van der Waals surface area contributed by atoms with Gasteiger partial charge in [-0.05, 0) is 0 Å². The molecule has 0 radical (unpaired) electrons. The number of unbranched alkanes of at least 4 members (excludes halogenated alkanes) is 2. The SMILES string of the molecule is CCCC[CH2][Sn]([CH]1CCCCC1)([CH]1CCCCC1)[CH]1CCCCC1. The first kappa shape index (κ1) is 19.6. The van der Waals surface area contributed by atoms with E-state index in [1.54, 1.807) is 103 Å². The van der Waals surface area contributed by atoms with Crippen molar-refractivity contribution in [2.75, 3.05) is 0 Å². The van der Waals surface area contributed by atoms with Crippen LogP contribution in [0.3, 0.4) is 0 Å². The zero-order valence-corrected chi connectivity index (χ0v) is 19.5. The molecule has 3 aliphatic rings. The van der Waals surface area contributed by atoms with Crippen LogP contribution in [0.2, 0.25) is 16.2 Å². The van der Waals surface area contributed by atoms with Gasteiger partial charge in [-0.1, -0.05) is 0 Å². The van der Waals surface area contributed by atoms with Crippen molar-refractivity contribution in [3.05, 3.63) is 0 Å². The third-order valence-electron chi connectivity index (χ3n) is 8.31. The van der Waals surface area contributed by atoms with Crippen LogP contribution in [0.15, 0.2) is 0 Å². The monoisotopic (exact) mass is 440 g/mol. The first-order chi connectivity index (χ1) is 11.9. The molecular formula is C23H44Sn. The fourth-order valence-electron chi connectivity index (χ4n) is 7.21. The summed E-state index contributed by atoms with van der Waals surface area (Å²) in [6, 6.07) is 0. The average molecular weight is 439 g/mol. The predicted octanol–water partition coefficient (Wildman–Crippen LogP) is 8.63. The van der Waals surface area contributed by atoms with Crippen molar-refractivity contribution in [1.29, 1.82) is 0 Å². The van der Waals surface area contributed by atoms with Gasteiger partial charge in [0.05, 0.1) is 0 Å². The summed E-state index contributed by atoms with van der Waals surface area (Å²) in [5.74, 6) is 0. The van der Waals surface area contributed by atoms with E-state index >= 15 is 0 Å². The Bertz CT molecular complexity index is 286. The molecule has 3 saturated carbocycles. The molecule has 0 aromatic carbocycles. The van der Waals surface area contributed by atoms with Crippen LogP contribution >= 0.6 is 0 Å². The second-order valence-corrected chi connectivity index (χ2v) is 24.3. The van der Waals surface area contributed by atoms with E-state index < -0.39 is 18.4 Å². The molecule has 3 fully saturated rings. The fourth-order valence-corrected chi connectivity index (χ4v) is 31.6. The summed E-state index contributed by atoms with van der Waals surface area (Å²) in [6.07, 6.45) is 28.9. The molecule has 24 heavy (non-hydrogen) atoms. The number of rotatable bonds is 7. The van der Waals surface area contributed by atoms with Crippen molar-refractivity contribution >= 4 is 18.4 Å². The average Bonchev–Trinajstić information content (AvgIpc) is 2.68. The molecule has 140 valence electrons. The van der Waals surface area contributed by atoms with Gasteiger partial charge >= 0.3 is 157 Å². The molecule has 0 aromatic heterocycles. The summed E-state index contributed by atoms with van der Waals surface area (Å²) in [5.41, 5.74) is 0. The van der Waals surface area contributed by atoms with E-state index in [1.807, 2.05) is 4.44 Å². The van der Waals surface area contributed by atoms with E-state index in [2.05, 4.69) is 6.92 Å². The Morgan fingerprint density at radius 3 is 1.25 bits per heavy atom. The third kappa shape index (κ3) is 4.55. The van der Waals surface area contributed by atoms with Gasteiger partial charge in [0.15, 0.2) is 0 Å². The van der Waals surface area contributed by atoms with E-state index in [9.17, 15) is 0 Å². The van der Waals surface area contributed by atoms with Gasteiger partial charge in [-0.2, -0.15) is 0 Å². The molecule has 0 spiro atoms. The van der Waals surface area contributed by atoms with Gasteiger partial charge in [0.1, 0.15) is 0 Å². The Hall–Kier alpha value is 0.799. The van der Waals surface area contributed by atoms with Crippen LogP contribution in [0.1, 0.15) is 122 Å². The Morgan fingerprint density at radius 2 is 0.917 bits per heavy atom. The molecule has 1 heteroatoms. The Balaban J connectivity index is 1.86. The molecule has 0 aliphatic heterocycles. The quantitative estimate of drug-likeness (QED) is 0.275. The van der Waals surface area contributed by atoms with Crippen LogP contribution in [0.5, 0.6) is 0 Å². The topological polar surface area (TPSA) is 0 Å².